The summed E-state index contributed by atoms with van der Waals surface area (Å²) in [5.41, 5.74) is 3.98. The lowest BCUT2D eigenvalue weighted by atomic mass is 10.1. The average Bonchev–Trinajstić information content (AvgIpc) is 2.42. The van der Waals surface area contributed by atoms with Crippen LogP contribution in [0.1, 0.15) is 31.0 Å². The summed E-state index contributed by atoms with van der Waals surface area (Å²) < 4.78 is 0. The lowest BCUT2D eigenvalue weighted by molar-refractivity contribution is -0.114. The number of nitrogens with one attached hydrogen (secondary N) is 2. The Hall–Kier alpha value is -2.00. The van der Waals surface area contributed by atoms with Gasteiger partial charge in [0.05, 0.1) is 0 Å². The molecule has 0 bridgehead atoms. The van der Waals surface area contributed by atoms with Crippen molar-refractivity contribution in [2.45, 2.75) is 26.8 Å². The monoisotopic (exact) mass is 302 g/mol. The molecule has 0 aliphatic rings. The highest BCUT2D eigenvalue weighted by Gasteiger charge is 2.07. The molecule has 0 heterocycles. The van der Waals surface area contributed by atoms with E-state index in [1.54, 1.807) is 0 Å². The van der Waals surface area contributed by atoms with Gasteiger partial charge < -0.3 is 10.6 Å². The van der Waals surface area contributed by atoms with Gasteiger partial charge in [0, 0.05) is 29.4 Å². The van der Waals surface area contributed by atoms with Crippen molar-refractivity contribution in [3.63, 3.8) is 0 Å². The minimum atomic E-state index is -0.0685. The Balaban J connectivity index is 2.15. The second-order valence-electron chi connectivity index (χ2n) is 5.13. The Morgan fingerprint density at radius 3 is 2.43 bits per heavy atom. The molecule has 1 atom stereocenters. The first-order chi connectivity index (χ1) is 9.95. The van der Waals surface area contributed by atoms with E-state index in [4.69, 9.17) is 11.6 Å². The fraction of sp³-hybridized carbons (Fsp3) is 0.235. The number of halogens is 1. The van der Waals surface area contributed by atoms with E-state index < -0.39 is 0 Å². The fourth-order valence-corrected chi connectivity index (χ4v) is 2.25. The van der Waals surface area contributed by atoms with Crippen LogP contribution in [0, 0.1) is 6.92 Å². The molecule has 110 valence electrons. The normalized spacial score (nSPS) is 11.8. The largest absolute Gasteiger partial charge is 0.378 e. The summed E-state index contributed by atoms with van der Waals surface area (Å²) in [6, 6.07) is 13.9. The van der Waals surface area contributed by atoms with Crippen LogP contribution < -0.4 is 10.6 Å². The van der Waals surface area contributed by atoms with Gasteiger partial charge in [0.1, 0.15) is 0 Å². The molecule has 0 spiro atoms. The van der Waals surface area contributed by atoms with Crippen LogP contribution in [-0.2, 0) is 4.79 Å². The summed E-state index contributed by atoms with van der Waals surface area (Å²) in [6.07, 6.45) is 0. The number of rotatable bonds is 4. The molecule has 0 aromatic heterocycles. The van der Waals surface area contributed by atoms with Gasteiger partial charge in [-0.25, -0.2) is 0 Å². The van der Waals surface area contributed by atoms with Crippen molar-refractivity contribution in [1.82, 2.24) is 0 Å². The Labute approximate surface area is 130 Å². The maximum atomic E-state index is 11.2. The van der Waals surface area contributed by atoms with Crippen molar-refractivity contribution in [3.8, 4) is 0 Å². The topological polar surface area (TPSA) is 41.1 Å². The van der Waals surface area contributed by atoms with E-state index in [0.717, 1.165) is 27.5 Å². The van der Waals surface area contributed by atoms with Crippen LogP contribution in [0.25, 0.3) is 0 Å². The van der Waals surface area contributed by atoms with Crippen molar-refractivity contribution in [1.29, 1.82) is 0 Å². The number of benzene rings is 2. The van der Waals surface area contributed by atoms with E-state index in [2.05, 4.69) is 17.6 Å². The SMILES string of the molecule is CC(=O)Nc1cc(NC(C)c2ccc(Cl)cc2)ccc1C. The van der Waals surface area contributed by atoms with Crippen LogP contribution in [0.2, 0.25) is 5.02 Å². The quantitative estimate of drug-likeness (QED) is 0.853. The van der Waals surface area contributed by atoms with Crippen molar-refractivity contribution in [2.75, 3.05) is 10.6 Å². The highest BCUT2D eigenvalue weighted by atomic mass is 35.5. The zero-order valence-corrected chi connectivity index (χ0v) is 13.2. The van der Waals surface area contributed by atoms with Crippen molar-refractivity contribution in [3.05, 3.63) is 58.6 Å². The first kappa shape index (κ1) is 15.4. The summed E-state index contributed by atoms with van der Waals surface area (Å²) in [5, 5.41) is 6.99. The van der Waals surface area contributed by atoms with Crippen LogP contribution in [0.15, 0.2) is 42.5 Å². The smallest absolute Gasteiger partial charge is 0.221 e. The molecule has 0 aliphatic heterocycles. The van der Waals surface area contributed by atoms with E-state index >= 15 is 0 Å². The molecule has 0 aliphatic carbocycles. The Bertz CT molecular complexity index is 638. The van der Waals surface area contributed by atoms with E-state index in [1.165, 1.54) is 6.92 Å². The zero-order valence-electron chi connectivity index (χ0n) is 12.4. The molecule has 0 radical (unpaired) electrons. The summed E-state index contributed by atoms with van der Waals surface area (Å²) in [5.74, 6) is -0.0685. The van der Waals surface area contributed by atoms with Gasteiger partial charge in [0.2, 0.25) is 5.91 Å². The van der Waals surface area contributed by atoms with Crippen LogP contribution >= 0.6 is 11.6 Å². The number of amides is 1. The summed E-state index contributed by atoms with van der Waals surface area (Å²) >= 11 is 5.90. The van der Waals surface area contributed by atoms with Crippen molar-refractivity contribution >= 4 is 28.9 Å². The van der Waals surface area contributed by atoms with Crippen LogP contribution in [-0.4, -0.2) is 5.91 Å². The molecular formula is C17H19ClN2O. The van der Waals surface area contributed by atoms with Gasteiger partial charge in [0.25, 0.3) is 0 Å². The van der Waals surface area contributed by atoms with Crippen LogP contribution in [0.5, 0.6) is 0 Å². The summed E-state index contributed by atoms with van der Waals surface area (Å²) in [4.78, 5) is 11.2. The minimum Gasteiger partial charge on any atom is -0.378 e. The zero-order chi connectivity index (χ0) is 15.4. The molecule has 2 rings (SSSR count). The molecule has 0 saturated carbocycles. The minimum absolute atomic E-state index is 0.0685. The van der Waals surface area contributed by atoms with Gasteiger partial charge in [-0.05, 0) is 49.2 Å². The average molecular weight is 303 g/mol. The predicted molar refractivity (Wildman–Crippen MR) is 89.0 cm³/mol. The summed E-state index contributed by atoms with van der Waals surface area (Å²) in [7, 11) is 0. The number of aryl methyl sites for hydroxylation is 1. The van der Waals surface area contributed by atoms with E-state index in [1.807, 2.05) is 49.4 Å². The molecule has 2 aromatic rings. The molecule has 0 saturated heterocycles. The van der Waals surface area contributed by atoms with Crippen LogP contribution in [0.3, 0.4) is 0 Å². The van der Waals surface area contributed by atoms with Gasteiger partial charge in [-0.3, -0.25) is 4.79 Å². The Morgan fingerprint density at radius 1 is 1.14 bits per heavy atom. The highest BCUT2D eigenvalue weighted by molar-refractivity contribution is 6.30. The summed E-state index contributed by atoms with van der Waals surface area (Å²) in [6.45, 7) is 5.56. The van der Waals surface area contributed by atoms with Gasteiger partial charge in [-0.2, -0.15) is 0 Å². The van der Waals surface area contributed by atoms with E-state index in [0.29, 0.717) is 0 Å². The maximum Gasteiger partial charge on any atom is 0.221 e. The third kappa shape index (κ3) is 4.23. The molecule has 0 fully saturated rings. The first-order valence-corrected chi connectivity index (χ1v) is 7.24. The number of anilines is 2. The molecular weight excluding hydrogens is 284 g/mol. The lowest BCUT2D eigenvalue weighted by Gasteiger charge is -2.17. The molecule has 1 amide bonds. The van der Waals surface area contributed by atoms with Crippen molar-refractivity contribution in [2.24, 2.45) is 0 Å². The number of carbonyl (C=O) groups is 1. The van der Waals surface area contributed by atoms with Crippen LogP contribution in [0.4, 0.5) is 11.4 Å². The lowest BCUT2D eigenvalue weighted by Crippen LogP contribution is -2.09. The molecule has 4 heteroatoms. The Kier molecular flexibility index (Phi) is 4.86. The first-order valence-electron chi connectivity index (χ1n) is 6.86. The fourth-order valence-electron chi connectivity index (χ4n) is 2.12. The van der Waals surface area contributed by atoms with Gasteiger partial charge in [-0.15, -0.1) is 0 Å². The second kappa shape index (κ2) is 6.64. The van der Waals surface area contributed by atoms with Gasteiger partial charge in [-0.1, -0.05) is 29.8 Å². The number of carbonyl (C=O) groups excluding carboxylic acids is 1. The molecule has 21 heavy (non-hydrogen) atoms. The number of hydrogen-bond donors (Lipinski definition) is 2. The molecule has 2 aromatic carbocycles. The molecule has 1 unspecified atom stereocenters. The number of hydrogen-bond acceptors (Lipinski definition) is 2. The standard InChI is InChI=1S/C17H19ClN2O/c1-11-4-9-16(10-17(11)20-13(3)21)19-12(2)14-5-7-15(18)8-6-14/h4-10,12,19H,1-3H3,(H,20,21). The third-order valence-electron chi connectivity index (χ3n) is 3.30. The predicted octanol–water partition coefficient (Wildman–Crippen LogP) is 4.78. The molecule has 2 N–H and O–H groups in total. The van der Waals surface area contributed by atoms with Gasteiger partial charge in [0.15, 0.2) is 0 Å². The van der Waals surface area contributed by atoms with E-state index in [-0.39, 0.29) is 11.9 Å². The highest BCUT2D eigenvalue weighted by Crippen LogP contribution is 2.25. The maximum absolute atomic E-state index is 11.2. The van der Waals surface area contributed by atoms with Gasteiger partial charge >= 0.3 is 0 Å². The Morgan fingerprint density at radius 2 is 1.81 bits per heavy atom. The molecule has 3 nitrogen and oxygen atoms in total. The second-order valence-corrected chi connectivity index (χ2v) is 5.56. The third-order valence-corrected chi connectivity index (χ3v) is 3.55. The van der Waals surface area contributed by atoms with Crippen molar-refractivity contribution < 1.29 is 4.79 Å². The van der Waals surface area contributed by atoms with E-state index in [9.17, 15) is 4.79 Å².